The molecule has 0 aromatic heterocycles. The molecule has 1 unspecified atom stereocenters. The van der Waals surface area contributed by atoms with E-state index < -0.39 is 11.9 Å². The van der Waals surface area contributed by atoms with Crippen molar-refractivity contribution >= 4 is 22.0 Å². The second kappa shape index (κ2) is 4.29. The molecule has 0 saturated carbocycles. The van der Waals surface area contributed by atoms with E-state index in [1.807, 2.05) is 0 Å². The zero-order valence-electron chi connectivity index (χ0n) is 8.17. The molecule has 1 aromatic carbocycles. The molecule has 86 valence electrons. The maximum Gasteiger partial charge on any atom is 0.404 e. The molecule has 1 heterocycles. The Morgan fingerprint density at radius 2 is 2.44 bits per heavy atom. The molecule has 0 saturated heterocycles. The number of benzene rings is 1. The molecule has 0 aliphatic carbocycles. The van der Waals surface area contributed by atoms with Crippen molar-refractivity contribution in [3.05, 3.63) is 28.0 Å². The molecule has 6 heteroatoms. The van der Waals surface area contributed by atoms with E-state index in [0.717, 1.165) is 5.56 Å². The van der Waals surface area contributed by atoms with Gasteiger partial charge in [0.2, 0.25) is 0 Å². The summed E-state index contributed by atoms with van der Waals surface area (Å²) in [5, 5.41) is 10.7. The van der Waals surface area contributed by atoms with Gasteiger partial charge >= 0.3 is 6.09 Å². The average molecular weight is 290 g/mol. The van der Waals surface area contributed by atoms with Crippen molar-refractivity contribution in [2.75, 3.05) is 6.54 Å². The molecule has 1 amide bonds. The summed E-state index contributed by atoms with van der Waals surface area (Å²) in [4.78, 5) is 10.3. The predicted octanol–water partition coefficient (Wildman–Crippen LogP) is 2.16. The largest absolute Gasteiger partial charge is 0.485 e. The van der Waals surface area contributed by atoms with Crippen molar-refractivity contribution < 1.29 is 19.0 Å². The van der Waals surface area contributed by atoms with Crippen molar-refractivity contribution in [3.8, 4) is 5.75 Å². The van der Waals surface area contributed by atoms with Gasteiger partial charge in [0.05, 0.1) is 6.54 Å². The third-order valence-corrected chi connectivity index (χ3v) is 2.76. The van der Waals surface area contributed by atoms with Gasteiger partial charge in [-0.2, -0.15) is 0 Å². The SMILES string of the molecule is O=C(O)NCC1Cc2cc(Br)cc(F)c2O1. The van der Waals surface area contributed by atoms with Gasteiger partial charge in [-0.3, -0.25) is 0 Å². The molecule has 2 rings (SSSR count). The van der Waals surface area contributed by atoms with E-state index in [4.69, 9.17) is 9.84 Å². The minimum absolute atomic E-state index is 0.154. The van der Waals surface area contributed by atoms with Gasteiger partial charge in [0.1, 0.15) is 6.10 Å². The summed E-state index contributed by atoms with van der Waals surface area (Å²) in [5.74, 6) is -0.206. The van der Waals surface area contributed by atoms with E-state index in [-0.39, 0.29) is 18.4 Å². The van der Waals surface area contributed by atoms with Crippen LogP contribution in [0.25, 0.3) is 0 Å². The Kier molecular flexibility index (Phi) is 3.00. The van der Waals surface area contributed by atoms with Gasteiger partial charge in [-0.25, -0.2) is 9.18 Å². The quantitative estimate of drug-likeness (QED) is 0.877. The minimum atomic E-state index is -1.11. The lowest BCUT2D eigenvalue weighted by atomic mass is 10.1. The molecule has 0 fully saturated rings. The fraction of sp³-hybridized carbons (Fsp3) is 0.300. The summed E-state index contributed by atoms with van der Waals surface area (Å²) in [5.41, 5.74) is 0.754. The Labute approximate surface area is 99.5 Å². The van der Waals surface area contributed by atoms with E-state index in [2.05, 4.69) is 21.2 Å². The fourth-order valence-corrected chi connectivity index (χ4v) is 2.14. The van der Waals surface area contributed by atoms with Gasteiger partial charge < -0.3 is 15.2 Å². The first-order valence-electron chi connectivity index (χ1n) is 4.67. The maximum absolute atomic E-state index is 13.4. The summed E-state index contributed by atoms with van der Waals surface area (Å²) in [7, 11) is 0. The smallest absolute Gasteiger partial charge is 0.404 e. The van der Waals surface area contributed by atoms with Crippen LogP contribution in [0.5, 0.6) is 5.75 Å². The lowest BCUT2D eigenvalue weighted by Gasteiger charge is -2.09. The van der Waals surface area contributed by atoms with Gasteiger partial charge in [0.25, 0.3) is 0 Å². The highest BCUT2D eigenvalue weighted by Crippen LogP contribution is 2.34. The second-order valence-electron chi connectivity index (χ2n) is 3.51. The highest BCUT2D eigenvalue weighted by molar-refractivity contribution is 9.10. The molecule has 0 radical (unpaired) electrons. The number of amides is 1. The molecule has 1 aliphatic rings. The molecule has 1 aromatic rings. The lowest BCUT2D eigenvalue weighted by molar-refractivity contribution is 0.179. The van der Waals surface area contributed by atoms with Crippen LogP contribution >= 0.6 is 15.9 Å². The molecule has 4 nitrogen and oxygen atoms in total. The highest BCUT2D eigenvalue weighted by Gasteiger charge is 2.26. The normalized spacial score (nSPS) is 17.8. The lowest BCUT2D eigenvalue weighted by Crippen LogP contribution is -2.33. The number of halogens is 2. The second-order valence-corrected chi connectivity index (χ2v) is 4.42. The molecule has 2 N–H and O–H groups in total. The van der Waals surface area contributed by atoms with E-state index in [1.165, 1.54) is 6.07 Å². The number of carboxylic acid groups (broad SMARTS) is 1. The highest BCUT2D eigenvalue weighted by atomic mass is 79.9. The predicted molar refractivity (Wildman–Crippen MR) is 58.2 cm³/mol. The van der Waals surface area contributed by atoms with Crippen molar-refractivity contribution in [1.82, 2.24) is 5.32 Å². The number of rotatable bonds is 2. The number of fused-ring (bicyclic) bond motifs is 1. The minimum Gasteiger partial charge on any atom is -0.485 e. The molecule has 1 aliphatic heterocycles. The van der Waals surface area contributed by atoms with E-state index in [0.29, 0.717) is 10.9 Å². The number of nitrogens with one attached hydrogen (secondary N) is 1. The van der Waals surface area contributed by atoms with Crippen LogP contribution in [-0.2, 0) is 6.42 Å². The van der Waals surface area contributed by atoms with Crippen LogP contribution < -0.4 is 10.1 Å². The number of hydrogen-bond donors (Lipinski definition) is 2. The molecule has 16 heavy (non-hydrogen) atoms. The Morgan fingerprint density at radius 3 is 3.12 bits per heavy atom. The fourth-order valence-electron chi connectivity index (χ4n) is 1.67. The number of hydrogen-bond acceptors (Lipinski definition) is 2. The van der Waals surface area contributed by atoms with E-state index in [1.54, 1.807) is 6.07 Å². The Morgan fingerprint density at radius 1 is 1.69 bits per heavy atom. The zero-order valence-corrected chi connectivity index (χ0v) is 9.75. The van der Waals surface area contributed by atoms with Crippen LogP contribution in [0.2, 0.25) is 0 Å². The van der Waals surface area contributed by atoms with Gasteiger partial charge in [0, 0.05) is 16.5 Å². The third-order valence-electron chi connectivity index (χ3n) is 2.30. The van der Waals surface area contributed by atoms with Gasteiger partial charge in [-0.15, -0.1) is 0 Å². The van der Waals surface area contributed by atoms with Crippen LogP contribution in [0.3, 0.4) is 0 Å². The average Bonchev–Trinajstić information content (AvgIpc) is 2.57. The summed E-state index contributed by atoms with van der Waals surface area (Å²) in [6.07, 6.45) is -0.942. The van der Waals surface area contributed by atoms with Crippen molar-refractivity contribution in [1.29, 1.82) is 0 Å². The monoisotopic (exact) mass is 289 g/mol. The van der Waals surface area contributed by atoms with Gasteiger partial charge in [-0.05, 0) is 12.1 Å². The first-order valence-corrected chi connectivity index (χ1v) is 5.47. The summed E-state index contributed by atoms with van der Waals surface area (Å²) in [6.45, 7) is 0.154. The van der Waals surface area contributed by atoms with Crippen molar-refractivity contribution in [2.24, 2.45) is 0 Å². The standard InChI is InChI=1S/C10H9BrFNO3/c11-6-1-5-2-7(4-13-10(14)15)16-9(5)8(12)3-6/h1,3,7,13H,2,4H2,(H,14,15). The first-order chi connectivity index (χ1) is 7.56. The van der Waals surface area contributed by atoms with E-state index in [9.17, 15) is 9.18 Å². The van der Waals surface area contributed by atoms with Crippen LogP contribution in [0, 0.1) is 5.82 Å². The first kappa shape index (κ1) is 11.2. The third kappa shape index (κ3) is 2.27. The van der Waals surface area contributed by atoms with Crippen molar-refractivity contribution in [3.63, 3.8) is 0 Å². The topological polar surface area (TPSA) is 58.6 Å². The number of ether oxygens (including phenoxy) is 1. The van der Waals surface area contributed by atoms with Crippen LogP contribution in [0.4, 0.5) is 9.18 Å². The molecule has 1 atom stereocenters. The van der Waals surface area contributed by atoms with Gasteiger partial charge in [0.15, 0.2) is 11.6 Å². The zero-order chi connectivity index (χ0) is 11.7. The van der Waals surface area contributed by atoms with Crippen LogP contribution in [-0.4, -0.2) is 23.8 Å². The van der Waals surface area contributed by atoms with Crippen LogP contribution in [0.1, 0.15) is 5.56 Å². The molecule has 0 bridgehead atoms. The Hall–Kier alpha value is -1.30. The summed E-state index contributed by atoms with van der Waals surface area (Å²) in [6, 6.07) is 3.10. The number of carbonyl (C=O) groups is 1. The summed E-state index contributed by atoms with van der Waals surface area (Å²) < 4.78 is 19.4. The molecule has 0 spiro atoms. The molecular weight excluding hydrogens is 281 g/mol. The maximum atomic E-state index is 13.4. The van der Waals surface area contributed by atoms with Gasteiger partial charge in [-0.1, -0.05) is 15.9 Å². The van der Waals surface area contributed by atoms with Crippen molar-refractivity contribution in [2.45, 2.75) is 12.5 Å². The molecular formula is C10H9BrFNO3. The van der Waals surface area contributed by atoms with Crippen LogP contribution in [0.15, 0.2) is 16.6 Å². The Bertz CT molecular complexity index is 438. The Balaban J connectivity index is 2.09. The summed E-state index contributed by atoms with van der Waals surface area (Å²) >= 11 is 3.19. The van der Waals surface area contributed by atoms with E-state index >= 15 is 0 Å².